The molecule has 3 aliphatic heterocycles. The number of halogens is 2. The van der Waals surface area contributed by atoms with Gasteiger partial charge in [-0.15, -0.1) is 0 Å². The van der Waals surface area contributed by atoms with Gasteiger partial charge in [0, 0.05) is 42.2 Å². The fourth-order valence-electron chi connectivity index (χ4n) is 6.53. The van der Waals surface area contributed by atoms with Crippen LogP contribution in [0.25, 0.3) is 32.8 Å². The van der Waals surface area contributed by atoms with Crippen LogP contribution in [-0.2, 0) is 0 Å². The maximum atomic E-state index is 16.6. The van der Waals surface area contributed by atoms with Gasteiger partial charge in [0.15, 0.2) is 5.82 Å². The first kappa shape index (κ1) is 24.8. The Morgan fingerprint density at radius 3 is 2.67 bits per heavy atom. The number of aromatic nitrogens is 2. The Labute approximate surface area is 231 Å². The Balaban J connectivity index is 1.38. The molecule has 7 rings (SSSR count). The fraction of sp³-hybridized carbons (Fsp3) is 0.400. The van der Waals surface area contributed by atoms with E-state index in [0.717, 1.165) is 56.1 Å². The Bertz CT molecular complexity index is 1570. The lowest BCUT2D eigenvalue weighted by Gasteiger charge is -2.34. The number of nitrogens with zero attached hydrogens (tertiary/aromatic N) is 4. The zero-order chi connectivity index (χ0) is 26.7. The van der Waals surface area contributed by atoms with Gasteiger partial charge in [-0.3, -0.25) is 0 Å². The summed E-state index contributed by atoms with van der Waals surface area (Å²) in [6.45, 7) is 3.09. The van der Waals surface area contributed by atoms with E-state index in [2.05, 4.69) is 27.1 Å². The monoisotopic (exact) mass is 547 g/mol. The summed E-state index contributed by atoms with van der Waals surface area (Å²) in [5.41, 5.74) is 1.13. The third-order valence-electron chi connectivity index (χ3n) is 8.57. The Morgan fingerprint density at radius 2 is 1.90 bits per heavy atom. The number of phenols is 1. The molecule has 2 N–H and O–H groups in total. The molecule has 202 valence electrons. The van der Waals surface area contributed by atoms with Gasteiger partial charge in [-0.2, -0.15) is 9.97 Å². The summed E-state index contributed by atoms with van der Waals surface area (Å²) >= 11 is 6.85. The minimum Gasteiger partial charge on any atom is -0.508 e. The highest BCUT2D eigenvalue weighted by atomic mass is 35.5. The van der Waals surface area contributed by atoms with E-state index in [9.17, 15) is 5.11 Å². The van der Waals surface area contributed by atoms with Crippen molar-refractivity contribution in [3.05, 3.63) is 53.3 Å². The number of phenolic OH excluding ortho intramolecular Hbond substituents is 1. The van der Waals surface area contributed by atoms with Crippen LogP contribution in [0.3, 0.4) is 0 Å². The predicted octanol–water partition coefficient (Wildman–Crippen LogP) is 5.36. The van der Waals surface area contributed by atoms with Crippen molar-refractivity contribution >= 4 is 39.1 Å². The van der Waals surface area contributed by atoms with E-state index in [0.29, 0.717) is 46.5 Å². The van der Waals surface area contributed by atoms with Crippen molar-refractivity contribution in [2.45, 2.75) is 43.8 Å². The number of hydrogen-bond acceptors (Lipinski definition) is 7. The maximum absolute atomic E-state index is 16.6. The molecule has 0 radical (unpaired) electrons. The van der Waals surface area contributed by atoms with Gasteiger partial charge in [0.1, 0.15) is 23.7 Å². The molecule has 3 atom stereocenters. The third-order valence-corrected chi connectivity index (χ3v) is 8.87. The molecule has 0 unspecified atom stereocenters. The first-order valence-electron chi connectivity index (χ1n) is 13.7. The van der Waals surface area contributed by atoms with Crippen LogP contribution in [0.2, 0.25) is 5.02 Å². The quantitative estimate of drug-likeness (QED) is 0.348. The molecule has 7 nitrogen and oxygen atoms in total. The normalized spacial score (nSPS) is 23.3. The molecule has 0 spiro atoms. The van der Waals surface area contributed by atoms with Crippen LogP contribution in [0.5, 0.6) is 11.8 Å². The van der Waals surface area contributed by atoms with Gasteiger partial charge in [0.05, 0.1) is 5.02 Å². The third kappa shape index (κ3) is 4.44. The highest BCUT2D eigenvalue weighted by molar-refractivity contribution is 6.35. The summed E-state index contributed by atoms with van der Waals surface area (Å²) in [4.78, 5) is 14.0. The molecule has 0 saturated carbocycles. The lowest BCUT2D eigenvalue weighted by Crippen LogP contribution is -2.51. The largest absolute Gasteiger partial charge is 0.508 e. The van der Waals surface area contributed by atoms with E-state index >= 15 is 4.39 Å². The van der Waals surface area contributed by atoms with Gasteiger partial charge in [0.25, 0.3) is 0 Å². The number of ether oxygens (including phenoxy) is 1. The topological polar surface area (TPSA) is 73.8 Å². The fourth-order valence-corrected chi connectivity index (χ4v) is 6.83. The minimum absolute atomic E-state index is 0.154. The van der Waals surface area contributed by atoms with Crippen LogP contribution in [0, 0.1) is 5.82 Å². The zero-order valence-electron chi connectivity index (χ0n) is 21.8. The number of rotatable bonds is 5. The van der Waals surface area contributed by atoms with Crippen LogP contribution in [-0.4, -0.2) is 71.4 Å². The summed E-state index contributed by atoms with van der Waals surface area (Å²) in [6.07, 6.45) is 4.44. The lowest BCUT2D eigenvalue weighted by molar-refractivity contribution is 0.188. The molecule has 3 saturated heterocycles. The van der Waals surface area contributed by atoms with Gasteiger partial charge >= 0.3 is 6.01 Å². The Hall–Kier alpha value is -3.20. The maximum Gasteiger partial charge on any atom is 0.319 e. The molecule has 4 aromatic rings. The minimum atomic E-state index is -0.498. The number of likely N-dealkylation sites (tertiary alicyclic amines) is 1. The van der Waals surface area contributed by atoms with E-state index in [4.69, 9.17) is 21.3 Å². The zero-order valence-corrected chi connectivity index (χ0v) is 22.6. The summed E-state index contributed by atoms with van der Waals surface area (Å²) in [7, 11) is 2.10. The van der Waals surface area contributed by atoms with Crippen molar-refractivity contribution in [1.82, 2.24) is 20.2 Å². The highest BCUT2D eigenvalue weighted by Gasteiger charge is 2.34. The van der Waals surface area contributed by atoms with E-state index in [1.165, 1.54) is 0 Å². The van der Waals surface area contributed by atoms with Gasteiger partial charge in [-0.1, -0.05) is 35.9 Å². The van der Waals surface area contributed by atoms with E-state index in [-0.39, 0.29) is 22.8 Å². The summed E-state index contributed by atoms with van der Waals surface area (Å²) in [5.74, 6) is 0.327. The molecule has 3 fully saturated rings. The van der Waals surface area contributed by atoms with Gasteiger partial charge in [-0.25, -0.2) is 4.39 Å². The Morgan fingerprint density at radius 1 is 1.08 bits per heavy atom. The van der Waals surface area contributed by atoms with E-state index in [1.807, 2.05) is 18.2 Å². The molecule has 3 aromatic carbocycles. The number of nitrogens with one attached hydrogen (secondary N) is 1. The highest BCUT2D eigenvalue weighted by Crippen LogP contribution is 2.42. The van der Waals surface area contributed by atoms with Crippen LogP contribution in [0.15, 0.2) is 42.5 Å². The predicted molar refractivity (Wildman–Crippen MR) is 152 cm³/mol. The molecule has 4 heterocycles. The van der Waals surface area contributed by atoms with Crippen molar-refractivity contribution in [2.24, 2.45) is 0 Å². The average Bonchev–Trinajstić information content (AvgIpc) is 3.50. The van der Waals surface area contributed by atoms with Crippen molar-refractivity contribution in [3.63, 3.8) is 0 Å². The molecule has 0 amide bonds. The SMILES string of the molecule is CN1CCC[C@H]1COc1nc(N2C[C@H]3CC[C@@H](C2)N3)c2cc(Cl)c(-c3cccc4cc(O)ccc34)c(F)c2n1. The summed E-state index contributed by atoms with van der Waals surface area (Å²) in [6, 6.07) is 13.7. The van der Waals surface area contributed by atoms with Crippen LogP contribution in [0.4, 0.5) is 10.2 Å². The number of fused-ring (bicyclic) bond motifs is 4. The molecule has 0 aliphatic carbocycles. The molecular formula is C30H31ClFN5O2. The molecule has 3 aliphatic rings. The Kier molecular flexibility index (Phi) is 6.21. The molecule has 9 heteroatoms. The number of likely N-dealkylation sites (N-methyl/N-ethyl adjacent to an activating group) is 1. The average molecular weight is 548 g/mol. The first-order valence-corrected chi connectivity index (χ1v) is 14.1. The second-order valence-electron chi connectivity index (χ2n) is 11.1. The number of piperazine rings is 1. The molecule has 39 heavy (non-hydrogen) atoms. The smallest absolute Gasteiger partial charge is 0.319 e. The van der Waals surface area contributed by atoms with Crippen LogP contribution < -0.4 is 15.0 Å². The second kappa shape index (κ2) is 9.77. The van der Waals surface area contributed by atoms with E-state index < -0.39 is 5.82 Å². The molecule has 2 bridgehead atoms. The number of anilines is 1. The number of hydrogen-bond donors (Lipinski definition) is 2. The van der Waals surface area contributed by atoms with Gasteiger partial charge < -0.3 is 25.0 Å². The number of aromatic hydroxyl groups is 1. The van der Waals surface area contributed by atoms with Crippen LogP contribution >= 0.6 is 11.6 Å². The molecule has 1 aromatic heterocycles. The van der Waals surface area contributed by atoms with Crippen molar-refractivity contribution < 1.29 is 14.2 Å². The van der Waals surface area contributed by atoms with Crippen molar-refractivity contribution in [1.29, 1.82) is 0 Å². The lowest BCUT2D eigenvalue weighted by atomic mass is 9.96. The van der Waals surface area contributed by atoms with Crippen molar-refractivity contribution in [2.75, 3.05) is 38.2 Å². The van der Waals surface area contributed by atoms with Crippen molar-refractivity contribution in [3.8, 4) is 22.9 Å². The van der Waals surface area contributed by atoms with Crippen LogP contribution in [0.1, 0.15) is 25.7 Å². The summed E-state index contributed by atoms with van der Waals surface area (Å²) < 4.78 is 22.8. The summed E-state index contributed by atoms with van der Waals surface area (Å²) in [5, 5.41) is 16.1. The first-order chi connectivity index (χ1) is 18.9. The second-order valence-corrected chi connectivity index (χ2v) is 11.5. The molecular weight excluding hydrogens is 517 g/mol. The van der Waals surface area contributed by atoms with Gasteiger partial charge in [0.2, 0.25) is 0 Å². The van der Waals surface area contributed by atoms with E-state index in [1.54, 1.807) is 24.3 Å². The number of benzene rings is 3. The van der Waals surface area contributed by atoms with Gasteiger partial charge in [-0.05, 0) is 73.8 Å². The standard InChI is InChI=1S/C30H31ClFN5O2/c1-36-11-3-5-20(36)16-39-30-34-28-24(29(35-30)37-14-18-7-8-19(15-37)33-18)13-25(31)26(27(28)32)23-6-2-4-17-12-21(38)9-10-22(17)23/h2,4,6,9-10,12-13,18-20,33,38H,3,5,7-8,11,14-16H2,1H3/t18-,19+,20-/m0/s1.